The number of aromatic nitrogens is 2. The Morgan fingerprint density at radius 3 is 3.24 bits per heavy atom. The standard InChI is InChI=1S/C11H18N4O2/c1-2-8-5-10(15-14-8)13-11(16)6-9-7-12-3-4-17-9/h5,9,12H,2-4,6-7H2,1H3,(H2,13,14,15,16). The predicted molar refractivity (Wildman–Crippen MR) is 63.8 cm³/mol. The molecule has 2 heterocycles. The Bertz CT molecular complexity index is 371. The molecule has 94 valence electrons. The van der Waals surface area contributed by atoms with Gasteiger partial charge < -0.3 is 15.4 Å². The van der Waals surface area contributed by atoms with Gasteiger partial charge in [0.25, 0.3) is 0 Å². The fourth-order valence-corrected chi connectivity index (χ4v) is 1.76. The molecule has 1 unspecified atom stereocenters. The second-order valence-electron chi connectivity index (χ2n) is 4.08. The van der Waals surface area contributed by atoms with Crippen LogP contribution in [0.5, 0.6) is 0 Å². The highest BCUT2D eigenvalue weighted by atomic mass is 16.5. The van der Waals surface area contributed by atoms with Crippen LogP contribution in [0.3, 0.4) is 0 Å². The van der Waals surface area contributed by atoms with Gasteiger partial charge in [-0.25, -0.2) is 0 Å². The lowest BCUT2D eigenvalue weighted by Crippen LogP contribution is -2.40. The Labute approximate surface area is 100 Å². The number of carbonyl (C=O) groups excluding carboxylic acids is 1. The summed E-state index contributed by atoms with van der Waals surface area (Å²) < 4.78 is 5.46. The third kappa shape index (κ3) is 3.54. The number of nitrogens with one attached hydrogen (secondary N) is 3. The van der Waals surface area contributed by atoms with E-state index in [-0.39, 0.29) is 12.0 Å². The average Bonchev–Trinajstić information content (AvgIpc) is 2.78. The number of aromatic amines is 1. The third-order valence-corrected chi connectivity index (χ3v) is 2.70. The van der Waals surface area contributed by atoms with E-state index in [2.05, 4.69) is 20.8 Å². The van der Waals surface area contributed by atoms with E-state index in [4.69, 9.17) is 4.74 Å². The number of hydrogen-bond acceptors (Lipinski definition) is 4. The van der Waals surface area contributed by atoms with Crippen LogP contribution in [-0.2, 0) is 16.0 Å². The normalized spacial score (nSPS) is 20.2. The molecule has 1 atom stereocenters. The minimum Gasteiger partial charge on any atom is -0.375 e. The molecule has 1 aliphatic heterocycles. The van der Waals surface area contributed by atoms with E-state index in [1.165, 1.54) is 0 Å². The van der Waals surface area contributed by atoms with Gasteiger partial charge in [0.05, 0.1) is 19.1 Å². The fourth-order valence-electron chi connectivity index (χ4n) is 1.76. The van der Waals surface area contributed by atoms with Gasteiger partial charge in [-0.05, 0) is 6.42 Å². The summed E-state index contributed by atoms with van der Waals surface area (Å²) in [7, 11) is 0. The molecule has 1 amide bonds. The first kappa shape index (κ1) is 12.1. The van der Waals surface area contributed by atoms with Crippen LogP contribution in [0.2, 0.25) is 0 Å². The van der Waals surface area contributed by atoms with Crippen molar-refractivity contribution < 1.29 is 9.53 Å². The van der Waals surface area contributed by atoms with Gasteiger partial charge in [-0.15, -0.1) is 0 Å². The van der Waals surface area contributed by atoms with Gasteiger partial charge in [-0.2, -0.15) is 5.10 Å². The molecule has 6 nitrogen and oxygen atoms in total. The number of amides is 1. The van der Waals surface area contributed by atoms with Crippen LogP contribution in [-0.4, -0.2) is 41.9 Å². The van der Waals surface area contributed by atoms with Crippen LogP contribution in [0.4, 0.5) is 5.82 Å². The molecule has 0 aliphatic carbocycles. The Morgan fingerprint density at radius 2 is 2.59 bits per heavy atom. The number of anilines is 1. The van der Waals surface area contributed by atoms with Crippen molar-refractivity contribution in [1.82, 2.24) is 15.5 Å². The molecule has 0 radical (unpaired) electrons. The maximum absolute atomic E-state index is 11.7. The number of H-pyrrole nitrogens is 1. The lowest BCUT2D eigenvalue weighted by Gasteiger charge is -2.22. The number of hydrogen-bond donors (Lipinski definition) is 3. The molecule has 0 saturated carbocycles. The van der Waals surface area contributed by atoms with E-state index in [0.29, 0.717) is 18.8 Å². The molecular formula is C11H18N4O2. The molecule has 0 aromatic carbocycles. The largest absolute Gasteiger partial charge is 0.375 e. The van der Waals surface area contributed by atoms with Gasteiger partial charge in [-0.3, -0.25) is 9.89 Å². The smallest absolute Gasteiger partial charge is 0.228 e. The van der Waals surface area contributed by atoms with E-state index in [0.717, 1.165) is 25.2 Å². The van der Waals surface area contributed by atoms with Crippen LogP contribution in [0, 0.1) is 0 Å². The Morgan fingerprint density at radius 1 is 1.71 bits per heavy atom. The third-order valence-electron chi connectivity index (χ3n) is 2.70. The number of aryl methyl sites for hydroxylation is 1. The van der Waals surface area contributed by atoms with Crippen molar-refractivity contribution in [1.29, 1.82) is 0 Å². The van der Waals surface area contributed by atoms with Gasteiger partial charge in [0.15, 0.2) is 5.82 Å². The minimum atomic E-state index is -0.0622. The van der Waals surface area contributed by atoms with Crippen LogP contribution in [0.1, 0.15) is 19.0 Å². The highest BCUT2D eigenvalue weighted by Gasteiger charge is 2.17. The average molecular weight is 238 g/mol. The number of morpholine rings is 1. The molecule has 0 bridgehead atoms. The van der Waals surface area contributed by atoms with Crippen molar-refractivity contribution in [2.45, 2.75) is 25.9 Å². The van der Waals surface area contributed by atoms with Gasteiger partial charge in [0, 0.05) is 24.8 Å². The zero-order valence-corrected chi connectivity index (χ0v) is 9.95. The summed E-state index contributed by atoms with van der Waals surface area (Å²) in [6.45, 7) is 4.28. The van der Waals surface area contributed by atoms with Crippen molar-refractivity contribution in [2.75, 3.05) is 25.0 Å². The molecule has 0 spiro atoms. The molecule has 17 heavy (non-hydrogen) atoms. The lowest BCUT2D eigenvalue weighted by atomic mass is 10.2. The van der Waals surface area contributed by atoms with Crippen LogP contribution >= 0.6 is 0 Å². The van der Waals surface area contributed by atoms with E-state index in [1.807, 2.05) is 13.0 Å². The van der Waals surface area contributed by atoms with Gasteiger partial charge >= 0.3 is 0 Å². The zero-order valence-electron chi connectivity index (χ0n) is 9.95. The second kappa shape index (κ2) is 5.79. The summed E-state index contributed by atoms with van der Waals surface area (Å²) in [6, 6.07) is 1.85. The molecule has 1 fully saturated rings. The lowest BCUT2D eigenvalue weighted by molar-refractivity contribution is -0.119. The summed E-state index contributed by atoms with van der Waals surface area (Å²) in [5, 5.41) is 12.8. The van der Waals surface area contributed by atoms with E-state index in [9.17, 15) is 4.79 Å². The van der Waals surface area contributed by atoms with E-state index in [1.54, 1.807) is 0 Å². The Hall–Kier alpha value is -1.40. The summed E-state index contributed by atoms with van der Waals surface area (Å²) in [5.74, 6) is 0.517. The van der Waals surface area contributed by atoms with Crippen molar-refractivity contribution in [2.24, 2.45) is 0 Å². The maximum atomic E-state index is 11.7. The summed E-state index contributed by atoms with van der Waals surface area (Å²) in [6.07, 6.45) is 1.20. The first-order chi connectivity index (χ1) is 8.28. The molecular weight excluding hydrogens is 220 g/mol. The molecule has 1 aliphatic rings. The topological polar surface area (TPSA) is 79.0 Å². The van der Waals surface area contributed by atoms with Gasteiger partial charge in [-0.1, -0.05) is 6.92 Å². The van der Waals surface area contributed by atoms with Gasteiger partial charge in [0.1, 0.15) is 0 Å². The molecule has 1 aromatic rings. The summed E-state index contributed by atoms with van der Waals surface area (Å²) in [4.78, 5) is 11.7. The second-order valence-corrected chi connectivity index (χ2v) is 4.08. The molecule has 6 heteroatoms. The summed E-state index contributed by atoms with van der Waals surface area (Å²) >= 11 is 0. The Balaban J connectivity index is 1.79. The first-order valence-electron chi connectivity index (χ1n) is 5.94. The van der Waals surface area contributed by atoms with Crippen molar-refractivity contribution in [3.63, 3.8) is 0 Å². The highest BCUT2D eigenvalue weighted by molar-refractivity contribution is 5.90. The fraction of sp³-hybridized carbons (Fsp3) is 0.636. The summed E-state index contributed by atoms with van der Waals surface area (Å²) in [5.41, 5.74) is 1.01. The van der Waals surface area contributed by atoms with E-state index < -0.39 is 0 Å². The number of nitrogens with zero attached hydrogens (tertiary/aromatic N) is 1. The van der Waals surface area contributed by atoms with E-state index >= 15 is 0 Å². The van der Waals surface area contributed by atoms with Crippen LogP contribution < -0.4 is 10.6 Å². The van der Waals surface area contributed by atoms with Crippen molar-refractivity contribution in [3.8, 4) is 0 Å². The SMILES string of the molecule is CCc1cc(NC(=O)CC2CNCCO2)n[nH]1. The predicted octanol–water partition coefficient (Wildman–Crippen LogP) is 0.289. The van der Waals surface area contributed by atoms with Crippen LogP contribution in [0.25, 0.3) is 0 Å². The van der Waals surface area contributed by atoms with Crippen molar-refractivity contribution >= 4 is 11.7 Å². The zero-order chi connectivity index (χ0) is 12.1. The molecule has 2 rings (SSSR count). The molecule has 1 aromatic heterocycles. The maximum Gasteiger partial charge on any atom is 0.228 e. The van der Waals surface area contributed by atoms with Crippen molar-refractivity contribution in [3.05, 3.63) is 11.8 Å². The number of ether oxygens (including phenoxy) is 1. The number of rotatable bonds is 4. The minimum absolute atomic E-state index is 0.0339. The quantitative estimate of drug-likeness (QED) is 0.704. The Kier molecular flexibility index (Phi) is 4.11. The highest BCUT2D eigenvalue weighted by Crippen LogP contribution is 2.08. The van der Waals surface area contributed by atoms with Crippen LogP contribution in [0.15, 0.2) is 6.07 Å². The van der Waals surface area contributed by atoms with Gasteiger partial charge in [0.2, 0.25) is 5.91 Å². The first-order valence-corrected chi connectivity index (χ1v) is 5.94. The molecule has 1 saturated heterocycles. The monoisotopic (exact) mass is 238 g/mol. The number of carbonyl (C=O) groups is 1. The molecule has 3 N–H and O–H groups in total.